The maximum atomic E-state index is 12.2. The number of carbonyl (C=O) groups is 2. The monoisotopic (exact) mass is 328 g/mol. The zero-order chi connectivity index (χ0) is 16.4. The van der Waals surface area contributed by atoms with Gasteiger partial charge in [-0.25, -0.2) is 0 Å². The Labute approximate surface area is 140 Å². The summed E-state index contributed by atoms with van der Waals surface area (Å²) in [7, 11) is 0. The van der Waals surface area contributed by atoms with Crippen LogP contribution in [0.5, 0.6) is 0 Å². The van der Waals surface area contributed by atoms with E-state index in [9.17, 15) is 9.59 Å². The van der Waals surface area contributed by atoms with Gasteiger partial charge >= 0.3 is 0 Å². The lowest BCUT2D eigenvalue weighted by Gasteiger charge is -2.28. The zero-order valence-electron chi connectivity index (χ0n) is 12.8. The zero-order valence-corrected chi connectivity index (χ0v) is 13.6. The quantitative estimate of drug-likeness (QED) is 0.917. The second-order valence-corrected chi connectivity index (χ2v) is 6.07. The first-order valence-electron chi connectivity index (χ1n) is 7.47. The number of halogens is 1. The molecular formula is C18H17ClN2O2. The van der Waals surface area contributed by atoms with Crippen molar-refractivity contribution in [2.24, 2.45) is 0 Å². The highest BCUT2D eigenvalue weighted by atomic mass is 35.5. The van der Waals surface area contributed by atoms with Gasteiger partial charge in [-0.05, 0) is 53.9 Å². The van der Waals surface area contributed by atoms with Gasteiger partial charge in [0.05, 0.1) is 0 Å². The van der Waals surface area contributed by atoms with Crippen LogP contribution in [-0.4, -0.2) is 23.3 Å². The Morgan fingerprint density at radius 2 is 1.83 bits per heavy atom. The lowest BCUT2D eigenvalue weighted by Crippen LogP contribution is -2.34. The number of nitrogens with one attached hydrogen (secondary N) is 1. The Hall–Kier alpha value is -2.33. The fourth-order valence-corrected chi connectivity index (χ4v) is 2.83. The average Bonchev–Trinajstić information content (AvgIpc) is 2.54. The molecule has 0 spiro atoms. The molecule has 0 atom stereocenters. The summed E-state index contributed by atoms with van der Waals surface area (Å²) >= 11 is 5.83. The molecule has 1 N–H and O–H groups in total. The lowest BCUT2D eigenvalue weighted by atomic mass is 9.99. The summed E-state index contributed by atoms with van der Waals surface area (Å²) in [6.07, 6.45) is 0.848. The van der Waals surface area contributed by atoms with Gasteiger partial charge in [-0.15, -0.1) is 0 Å². The molecule has 3 rings (SSSR count). The largest absolute Gasteiger partial charge is 0.338 e. The van der Waals surface area contributed by atoms with Crippen LogP contribution >= 0.6 is 11.6 Å². The molecule has 1 heterocycles. The summed E-state index contributed by atoms with van der Waals surface area (Å²) < 4.78 is 0. The Bertz CT molecular complexity index is 756. The van der Waals surface area contributed by atoms with Crippen molar-refractivity contribution < 1.29 is 9.59 Å². The molecule has 4 nitrogen and oxygen atoms in total. The summed E-state index contributed by atoms with van der Waals surface area (Å²) in [4.78, 5) is 25.6. The Morgan fingerprint density at radius 1 is 1.09 bits per heavy atom. The fourth-order valence-electron chi connectivity index (χ4n) is 2.71. The smallest absolute Gasteiger partial charge is 0.255 e. The molecule has 118 valence electrons. The Kier molecular flexibility index (Phi) is 4.35. The van der Waals surface area contributed by atoms with E-state index in [1.807, 2.05) is 23.1 Å². The van der Waals surface area contributed by atoms with Gasteiger partial charge in [0.25, 0.3) is 5.91 Å². The van der Waals surface area contributed by atoms with E-state index in [1.54, 1.807) is 31.2 Å². The van der Waals surface area contributed by atoms with Crippen LogP contribution in [0.3, 0.4) is 0 Å². The lowest BCUT2D eigenvalue weighted by molar-refractivity contribution is -0.129. The molecule has 1 aliphatic rings. The standard InChI is InChI=1S/C18H17ClN2O2/c1-12(22)21-9-8-13-4-7-17(10-15(13)11-21)20-18(23)14-2-5-16(19)6-3-14/h2-7,10H,8-9,11H2,1H3,(H,20,23). The highest BCUT2D eigenvalue weighted by molar-refractivity contribution is 6.30. The van der Waals surface area contributed by atoms with Crippen molar-refractivity contribution >= 4 is 29.1 Å². The number of benzene rings is 2. The Morgan fingerprint density at radius 3 is 2.52 bits per heavy atom. The first-order chi connectivity index (χ1) is 11.0. The van der Waals surface area contributed by atoms with Crippen LogP contribution in [-0.2, 0) is 17.8 Å². The third kappa shape index (κ3) is 3.54. The molecule has 2 aromatic rings. The van der Waals surface area contributed by atoms with Gasteiger partial charge in [-0.1, -0.05) is 17.7 Å². The molecule has 2 aromatic carbocycles. The van der Waals surface area contributed by atoms with E-state index in [0.717, 1.165) is 24.2 Å². The van der Waals surface area contributed by atoms with Crippen molar-refractivity contribution in [3.8, 4) is 0 Å². The van der Waals surface area contributed by atoms with Crippen molar-refractivity contribution in [1.29, 1.82) is 0 Å². The second kappa shape index (κ2) is 6.42. The predicted octanol–water partition coefficient (Wildman–Crippen LogP) is 3.50. The maximum Gasteiger partial charge on any atom is 0.255 e. The van der Waals surface area contributed by atoms with Crippen molar-refractivity contribution in [3.63, 3.8) is 0 Å². The fraction of sp³-hybridized carbons (Fsp3) is 0.222. The minimum absolute atomic E-state index is 0.0752. The van der Waals surface area contributed by atoms with E-state index >= 15 is 0 Å². The van der Waals surface area contributed by atoms with Crippen LogP contribution in [0, 0.1) is 0 Å². The van der Waals surface area contributed by atoms with Crippen LogP contribution in [0.15, 0.2) is 42.5 Å². The molecular weight excluding hydrogens is 312 g/mol. The SMILES string of the molecule is CC(=O)N1CCc2ccc(NC(=O)c3ccc(Cl)cc3)cc2C1. The Balaban J connectivity index is 1.77. The van der Waals surface area contributed by atoms with Gasteiger partial charge in [0.2, 0.25) is 5.91 Å². The molecule has 0 saturated heterocycles. The number of anilines is 1. The van der Waals surface area contributed by atoms with Gasteiger partial charge < -0.3 is 10.2 Å². The van der Waals surface area contributed by atoms with Crippen molar-refractivity contribution in [2.75, 3.05) is 11.9 Å². The van der Waals surface area contributed by atoms with Gasteiger partial charge in [-0.2, -0.15) is 0 Å². The third-order valence-corrected chi connectivity index (χ3v) is 4.28. The number of fused-ring (bicyclic) bond motifs is 1. The van der Waals surface area contributed by atoms with Crippen molar-refractivity contribution in [2.45, 2.75) is 19.9 Å². The third-order valence-electron chi connectivity index (χ3n) is 4.03. The van der Waals surface area contributed by atoms with Crippen molar-refractivity contribution in [1.82, 2.24) is 4.90 Å². The van der Waals surface area contributed by atoms with Gasteiger partial charge in [0.1, 0.15) is 0 Å². The predicted molar refractivity (Wildman–Crippen MR) is 90.6 cm³/mol. The normalized spacial score (nSPS) is 13.4. The number of hydrogen-bond donors (Lipinski definition) is 1. The van der Waals surface area contributed by atoms with Gasteiger partial charge in [-0.3, -0.25) is 9.59 Å². The van der Waals surface area contributed by atoms with Crippen LogP contribution in [0.4, 0.5) is 5.69 Å². The number of carbonyl (C=O) groups excluding carboxylic acids is 2. The maximum absolute atomic E-state index is 12.2. The summed E-state index contributed by atoms with van der Waals surface area (Å²) in [5, 5.41) is 3.48. The molecule has 2 amide bonds. The van der Waals surface area contributed by atoms with Crippen LogP contribution < -0.4 is 5.32 Å². The van der Waals surface area contributed by atoms with E-state index < -0.39 is 0 Å². The van der Waals surface area contributed by atoms with E-state index in [4.69, 9.17) is 11.6 Å². The van der Waals surface area contributed by atoms with Crippen LogP contribution in [0.25, 0.3) is 0 Å². The highest BCUT2D eigenvalue weighted by Gasteiger charge is 2.18. The van der Waals surface area contributed by atoms with Gasteiger partial charge in [0.15, 0.2) is 0 Å². The van der Waals surface area contributed by atoms with Crippen LogP contribution in [0.1, 0.15) is 28.4 Å². The summed E-state index contributed by atoms with van der Waals surface area (Å²) in [6, 6.07) is 12.6. The molecule has 0 fully saturated rings. The molecule has 0 radical (unpaired) electrons. The van der Waals surface area contributed by atoms with E-state index in [1.165, 1.54) is 5.56 Å². The number of nitrogens with zero attached hydrogens (tertiary/aromatic N) is 1. The summed E-state index contributed by atoms with van der Waals surface area (Å²) in [5.74, 6) is -0.105. The minimum atomic E-state index is -0.180. The highest BCUT2D eigenvalue weighted by Crippen LogP contribution is 2.23. The molecule has 5 heteroatoms. The minimum Gasteiger partial charge on any atom is -0.338 e. The van der Waals surface area contributed by atoms with Gasteiger partial charge in [0, 0.05) is 36.3 Å². The molecule has 1 aliphatic heterocycles. The van der Waals surface area contributed by atoms with Crippen molar-refractivity contribution in [3.05, 3.63) is 64.2 Å². The van der Waals surface area contributed by atoms with E-state index in [-0.39, 0.29) is 11.8 Å². The summed E-state index contributed by atoms with van der Waals surface area (Å²) in [5.41, 5.74) is 3.60. The van der Waals surface area contributed by atoms with E-state index in [2.05, 4.69) is 5.32 Å². The second-order valence-electron chi connectivity index (χ2n) is 5.64. The molecule has 0 unspecified atom stereocenters. The number of hydrogen-bond acceptors (Lipinski definition) is 2. The topological polar surface area (TPSA) is 49.4 Å². The first kappa shape index (κ1) is 15.6. The average molecular weight is 329 g/mol. The molecule has 0 bridgehead atoms. The molecule has 23 heavy (non-hydrogen) atoms. The first-order valence-corrected chi connectivity index (χ1v) is 7.85. The molecule has 0 saturated carbocycles. The molecule has 0 aliphatic carbocycles. The summed E-state index contributed by atoms with van der Waals surface area (Å²) in [6.45, 7) is 2.92. The van der Waals surface area contributed by atoms with E-state index in [0.29, 0.717) is 17.1 Å². The van der Waals surface area contributed by atoms with Crippen LogP contribution in [0.2, 0.25) is 5.02 Å². The molecule has 0 aromatic heterocycles. The number of rotatable bonds is 2. The number of amides is 2.